The van der Waals surface area contributed by atoms with Crippen molar-refractivity contribution in [2.24, 2.45) is 0 Å². The standard InChI is InChI=1S/C7H11NO2S.H2/c1-4-6-7(5-2)11(9,10)8-3;/h4-6,8H,1-2H2,3H3;1H/b7-6+;. The third kappa shape index (κ3) is 2.69. The zero-order chi connectivity index (χ0) is 8.91. The van der Waals surface area contributed by atoms with E-state index in [2.05, 4.69) is 17.9 Å². The molecule has 0 radical (unpaired) electrons. The van der Waals surface area contributed by atoms with Crippen molar-refractivity contribution in [3.05, 3.63) is 36.3 Å². The molecule has 0 amide bonds. The molecule has 0 rings (SSSR count). The van der Waals surface area contributed by atoms with Crippen LogP contribution in [0.3, 0.4) is 0 Å². The van der Waals surface area contributed by atoms with Crippen LogP contribution in [-0.4, -0.2) is 15.5 Å². The summed E-state index contributed by atoms with van der Waals surface area (Å²) in [4.78, 5) is 0.120. The van der Waals surface area contributed by atoms with Crippen molar-refractivity contribution in [1.29, 1.82) is 0 Å². The Morgan fingerprint density at radius 2 is 2.09 bits per heavy atom. The van der Waals surface area contributed by atoms with Crippen molar-refractivity contribution in [1.82, 2.24) is 4.72 Å². The molecule has 0 heterocycles. The Labute approximate surface area is 68.7 Å². The number of rotatable bonds is 4. The molecule has 0 atom stereocenters. The summed E-state index contributed by atoms with van der Waals surface area (Å²) in [5, 5.41) is 0. The van der Waals surface area contributed by atoms with Gasteiger partial charge in [-0.3, -0.25) is 0 Å². The van der Waals surface area contributed by atoms with Gasteiger partial charge in [-0.2, -0.15) is 0 Å². The lowest BCUT2D eigenvalue weighted by Gasteiger charge is -2.00. The van der Waals surface area contributed by atoms with Crippen LogP contribution in [0.25, 0.3) is 0 Å². The predicted octanol–water partition coefficient (Wildman–Crippen LogP) is 1.04. The molecule has 3 nitrogen and oxygen atoms in total. The normalized spacial score (nSPS) is 12.6. The summed E-state index contributed by atoms with van der Waals surface area (Å²) in [6, 6.07) is 0. The summed E-state index contributed by atoms with van der Waals surface area (Å²) in [5.74, 6) is 0. The second-order valence-electron chi connectivity index (χ2n) is 1.72. The summed E-state index contributed by atoms with van der Waals surface area (Å²) >= 11 is 0. The minimum absolute atomic E-state index is 0. The molecule has 0 saturated carbocycles. The van der Waals surface area contributed by atoms with Gasteiger partial charge in [0.1, 0.15) is 0 Å². The van der Waals surface area contributed by atoms with Crippen molar-refractivity contribution < 1.29 is 9.84 Å². The van der Waals surface area contributed by atoms with E-state index in [1.807, 2.05) is 0 Å². The number of hydrogen-bond acceptors (Lipinski definition) is 2. The van der Waals surface area contributed by atoms with E-state index in [-0.39, 0.29) is 6.33 Å². The fourth-order valence-corrected chi connectivity index (χ4v) is 1.23. The Morgan fingerprint density at radius 1 is 1.55 bits per heavy atom. The maximum atomic E-state index is 11.0. The van der Waals surface area contributed by atoms with Crippen LogP contribution < -0.4 is 4.72 Å². The average Bonchev–Trinajstić information content (AvgIpc) is 2.00. The fraction of sp³-hybridized carbons (Fsp3) is 0.143. The number of hydrogen-bond donors (Lipinski definition) is 1. The summed E-state index contributed by atoms with van der Waals surface area (Å²) < 4.78 is 24.2. The molecule has 0 bridgehead atoms. The zero-order valence-electron chi connectivity index (χ0n) is 6.37. The second-order valence-corrected chi connectivity index (χ2v) is 3.60. The summed E-state index contributed by atoms with van der Waals surface area (Å²) in [6.07, 6.45) is 4.03. The SMILES string of the molecule is C=C/C=C(\C=C)S(=O)(=O)NC.[HH]. The van der Waals surface area contributed by atoms with Gasteiger partial charge in [-0.25, -0.2) is 13.1 Å². The van der Waals surface area contributed by atoms with E-state index < -0.39 is 10.0 Å². The minimum Gasteiger partial charge on any atom is -0.214 e. The highest BCUT2D eigenvalue weighted by Gasteiger charge is 2.09. The molecule has 0 unspecified atom stereocenters. The van der Waals surface area contributed by atoms with Crippen LogP contribution in [0.4, 0.5) is 0 Å². The highest BCUT2D eigenvalue weighted by Crippen LogP contribution is 2.03. The molecule has 0 aromatic heterocycles. The van der Waals surface area contributed by atoms with Gasteiger partial charge in [-0.1, -0.05) is 19.2 Å². The van der Waals surface area contributed by atoms with E-state index >= 15 is 0 Å². The van der Waals surface area contributed by atoms with Gasteiger partial charge in [0.05, 0.1) is 4.91 Å². The van der Waals surface area contributed by atoms with Crippen LogP contribution >= 0.6 is 0 Å². The summed E-state index contributed by atoms with van der Waals surface area (Å²) in [5.41, 5.74) is 0. The van der Waals surface area contributed by atoms with Gasteiger partial charge >= 0.3 is 0 Å². The van der Waals surface area contributed by atoms with Crippen molar-refractivity contribution in [3.63, 3.8) is 0 Å². The first-order valence-electron chi connectivity index (χ1n) is 2.97. The Hall–Kier alpha value is -0.870. The highest BCUT2D eigenvalue weighted by atomic mass is 32.2. The van der Waals surface area contributed by atoms with Crippen LogP contribution in [0.5, 0.6) is 0 Å². The largest absolute Gasteiger partial charge is 0.240 e. The number of sulfonamides is 1. The van der Waals surface area contributed by atoms with Crippen molar-refractivity contribution in [3.8, 4) is 0 Å². The van der Waals surface area contributed by atoms with Gasteiger partial charge in [0.15, 0.2) is 0 Å². The molecule has 0 saturated heterocycles. The lowest BCUT2D eigenvalue weighted by molar-refractivity contribution is 0.595. The first kappa shape index (κ1) is 10.1. The van der Waals surface area contributed by atoms with Crippen LogP contribution in [0.15, 0.2) is 36.3 Å². The third-order valence-corrected chi connectivity index (χ3v) is 2.52. The van der Waals surface area contributed by atoms with E-state index in [0.29, 0.717) is 0 Å². The molecule has 1 N–H and O–H groups in total. The quantitative estimate of drug-likeness (QED) is 0.649. The molecule has 0 fully saturated rings. The van der Waals surface area contributed by atoms with E-state index in [4.69, 9.17) is 0 Å². The maximum Gasteiger partial charge on any atom is 0.240 e. The Kier molecular flexibility index (Phi) is 3.78. The van der Waals surface area contributed by atoms with E-state index in [9.17, 15) is 8.42 Å². The number of nitrogens with one attached hydrogen (secondary N) is 1. The molecule has 4 heteroatoms. The van der Waals surface area contributed by atoms with Gasteiger partial charge in [-0.05, 0) is 19.2 Å². The Morgan fingerprint density at radius 3 is 2.36 bits per heavy atom. The van der Waals surface area contributed by atoms with Crippen LogP contribution in [-0.2, 0) is 10.0 Å². The molecule has 0 aliphatic rings. The zero-order valence-corrected chi connectivity index (χ0v) is 7.19. The smallest absolute Gasteiger partial charge is 0.214 e. The van der Waals surface area contributed by atoms with Gasteiger partial charge in [0.25, 0.3) is 0 Å². The molecule has 0 aromatic rings. The lowest BCUT2D eigenvalue weighted by Crippen LogP contribution is -2.19. The van der Waals surface area contributed by atoms with Crippen molar-refractivity contribution in [2.75, 3.05) is 7.05 Å². The molecule has 0 aliphatic heterocycles. The topological polar surface area (TPSA) is 46.2 Å². The monoisotopic (exact) mass is 175 g/mol. The Bertz CT molecular complexity index is 280. The highest BCUT2D eigenvalue weighted by molar-refractivity contribution is 7.93. The van der Waals surface area contributed by atoms with E-state index in [1.54, 1.807) is 0 Å². The van der Waals surface area contributed by atoms with Crippen LogP contribution in [0.1, 0.15) is 1.43 Å². The van der Waals surface area contributed by atoms with Crippen molar-refractivity contribution >= 4 is 10.0 Å². The number of allylic oxidation sites excluding steroid dienone is 3. The van der Waals surface area contributed by atoms with Gasteiger partial charge in [-0.15, -0.1) is 0 Å². The third-order valence-electron chi connectivity index (χ3n) is 1.06. The minimum atomic E-state index is -3.35. The maximum absolute atomic E-state index is 11.0. The Balaban J connectivity index is 0. The lowest BCUT2D eigenvalue weighted by atomic mass is 10.5. The molecule has 0 aromatic carbocycles. The summed E-state index contributed by atoms with van der Waals surface area (Å²) in [6.45, 7) is 6.74. The predicted molar refractivity (Wildman–Crippen MR) is 48.6 cm³/mol. The van der Waals surface area contributed by atoms with E-state index in [0.717, 1.165) is 0 Å². The van der Waals surface area contributed by atoms with Gasteiger partial charge in [0, 0.05) is 1.43 Å². The first-order valence-corrected chi connectivity index (χ1v) is 4.45. The second kappa shape index (κ2) is 4.10. The van der Waals surface area contributed by atoms with Gasteiger partial charge < -0.3 is 0 Å². The molecular formula is C7H13NO2S. The van der Waals surface area contributed by atoms with E-state index in [1.165, 1.54) is 25.3 Å². The van der Waals surface area contributed by atoms with Crippen LogP contribution in [0.2, 0.25) is 0 Å². The fourth-order valence-electron chi connectivity index (χ4n) is 0.501. The van der Waals surface area contributed by atoms with Crippen LogP contribution in [0, 0.1) is 0 Å². The summed E-state index contributed by atoms with van der Waals surface area (Å²) in [7, 11) is -2.01. The molecule has 0 spiro atoms. The molecule has 0 aliphatic carbocycles. The van der Waals surface area contributed by atoms with Crippen molar-refractivity contribution in [2.45, 2.75) is 0 Å². The molecular weight excluding hydrogens is 162 g/mol. The average molecular weight is 175 g/mol. The molecule has 64 valence electrons. The first-order chi connectivity index (χ1) is 5.08. The molecule has 11 heavy (non-hydrogen) atoms. The van der Waals surface area contributed by atoms with Gasteiger partial charge in [0.2, 0.25) is 10.0 Å².